The van der Waals surface area contributed by atoms with Crippen molar-refractivity contribution in [2.45, 2.75) is 69.8 Å². The number of carbonyl (C=O) groups is 1. The van der Waals surface area contributed by atoms with Gasteiger partial charge in [0.15, 0.2) is 23.2 Å². The van der Waals surface area contributed by atoms with Gasteiger partial charge in [0, 0.05) is 37.4 Å². The number of Topliss-reactive ketones (excluding diaryl/α,β-unsaturated/α-hetero) is 1. The Balaban J connectivity index is 1.13. The number of methoxy groups -OCH3 is 1. The average molecular weight is 600 g/mol. The highest BCUT2D eigenvalue weighted by atomic mass is 19.1. The molecule has 0 aromatic carbocycles. The van der Waals surface area contributed by atoms with Crippen LogP contribution in [0.4, 0.5) is 16.0 Å². The van der Waals surface area contributed by atoms with Crippen molar-refractivity contribution in [1.29, 1.82) is 0 Å². The zero-order chi connectivity index (χ0) is 30.8. The van der Waals surface area contributed by atoms with Gasteiger partial charge in [-0.1, -0.05) is 13.0 Å². The summed E-state index contributed by atoms with van der Waals surface area (Å²) in [6, 6.07) is 7.26. The van der Waals surface area contributed by atoms with Crippen molar-refractivity contribution >= 4 is 28.3 Å². The van der Waals surface area contributed by atoms with Crippen LogP contribution in [0.15, 0.2) is 54.0 Å². The maximum absolute atomic E-state index is 13.6. The van der Waals surface area contributed by atoms with E-state index in [9.17, 15) is 14.0 Å². The minimum atomic E-state index is -0.869. The first-order valence-electron chi connectivity index (χ1n) is 14.7. The van der Waals surface area contributed by atoms with Crippen LogP contribution < -0.4 is 10.9 Å². The molecule has 0 spiro atoms. The number of aryl methyl sites for hydroxylation is 1. The van der Waals surface area contributed by atoms with Gasteiger partial charge < -0.3 is 15.0 Å². The first kappa shape index (κ1) is 29.3. The monoisotopic (exact) mass is 599 g/mol. The van der Waals surface area contributed by atoms with Gasteiger partial charge in [-0.05, 0) is 62.6 Å². The lowest BCUT2D eigenvalue weighted by molar-refractivity contribution is -0.145. The number of aromatic nitrogens is 8. The number of ketones is 1. The lowest BCUT2D eigenvalue weighted by Crippen LogP contribution is -2.44. The summed E-state index contributed by atoms with van der Waals surface area (Å²) in [6.45, 7) is 3.96. The highest BCUT2D eigenvalue weighted by Crippen LogP contribution is 2.42. The van der Waals surface area contributed by atoms with E-state index in [-0.39, 0.29) is 23.2 Å². The predicted octanol–water partition coefficient (Wildman–Crippen LogP) is 5.01. The number of H-pyrrole nitrogens is 2. The van der Waals surface area contributed by atoms with E-state index < -0.39 is 11.4 Å². The number of pyridine rings is 2. The fraction of sp³-hybridized carbons (Fsp3) is 0.387. The van der Waals surface area contributed by atoms with Crippen LogP contribution in [0.5, 0.6) is 0 Å². The van der Waals surface area contributed by atoms with Crippen LogP contribution in [0.2, 0.25) is 0 Å². The van der Waals surface area contributed by atoms with Crippen molar-refractivity contribution in [3.63, 3.8) is 0 Å². The van der Waals surface area contributed by atoms with Gasteiger partial charge in [0.1, 0.15) is 11.4 Å². The molecule has 1 saturated carbocycles. The Morgan fingerprint density at radius 1 is 1.20 bits per heavy atom. The van der Waals surface area contributed by atoms with Gasteiger partial charge >= 0.3 is 0 Å². The van der Waals surface area contributed by atoms with Crippen LogP contribution in [0, 0.1) is 12.7 Å². The number of carbonyl (C=O) groups excluding carboxylic acids is 1. The summed E-state index contributed by atoms with van der Waals surface area (Å²) in [5.74, 6) is 1.37. The number of halogens is 1. The lowest BCUT2D eigenvalue weighted by atomic mass is 9.73. The Labute approximate surface area is 252 Å². The summed E-state index contributed by atoms with van der Waals surface area (Å²) in [7, 11) is 1.60. The molecule has 0 saturated heterocycles. The fourth-order valence-corrected chi connectivity index (χ4v) is 6.01. The van der Waals surface area contributed by atoms with E-state index in [2.05, 4.69) is 42.5 Å². The fourth-order valence-electron chi connectivity index (χ4n) is 6.01. The van der Waals surface area contributed by atoms with Crippen LogP contribution in [-0.2, 0) is 9.53 Å². The molecule has 0 bridgehead atoms. The third kappa shape index (κ3) is 5.87. The molecule has 1 atom stereocenters. The van der Waals surface area contributed by atoms with Crippen molar-refractivity contribution in [1.82, 2.24) is 39.9 Å². The summed E-state index contributed by atoms with van der Waals surface area (Å²) in [5.41, 5.74) is 2.06. The Morgan fingerprint density at radius 3 is 2.68 bits per heavy atom. The number of fused-ring (bicyclic) bond motifs is 1. The van der Waals surface area contributed by atoms with E-state index in [1.54, 1.807) is 25.4 Å². The van der Waals surface area contributed by atoms with E-state index in [4.69, 9.17) is 9.72 Å². The molecule has 5 aromatic heterocycles. The predicted molar refractivity (Wildman–Crippen MR) is 162 cm³/mol. The number of aromatic amines is 2. The Morgan fingerprint density at radius 2 is 2.02 bits per heavy atom. The van der Waals surface area contributed by atoms with Crippen LogP contribution >= 0.6 is 0 Å². The van der Waals surface area contributed by atoms with Gasteiger partial charge in [-0.25, -0.2) is 24.0 Å². The second-order valence-electron chi connectivity index (χ2n) is 11.5. The SMILES string of the molecule is CO[C@]1(C(=O)CC[C@@H](C)c2ccc(-n3cc(F)cn3)nc2)CC[C@H](c2nc(Nc3cc(C)[nH]n3)cc3c(=O)[nH]cnc32)CC1. The highest BCUT2D eigenvalue weighted by molar-refractivity contribution is 5.88. The Hall–Kier alpha value is -4.78. The third-order valence-corrected chi connectivity index (χ3v) is 8.62. The molecule has 0 amide bonds. The smallest absolute Gasteiger partial charge is 0.258 e. The molecule has 12 nitrogen and oxygen atoms in total. The normalized spacial score (nSPS) is 19.2. The topological polar surface area (TPSA) is 156 Å². The van der Waals surface area contributed by atoms with Crippen LogP contribution in [-0.4, -0.2) is 58.4 Å². The molecular weight excluding hydrogens is 565 g/mol. The van der Waals surface area contributed by atoms with Crippen molar-refractivity contribution < 1.29 is 13.9 Å². The molecule has 1 aliphatic rings. The molecule has 1 fully saturated rings. The maximum Gasteiger partial charge on any atom is 0.258 e. The molecule has 1 aliphatic carbocycles. The standard InChI is InChI=1S/C31H34FN9O3/c1-18(21-5-7-27(33-14-21)41-16-22(32)15-36-41)4-6-24(42)31(44-3)10-8-20(9-11-31)28-29-23(30(43)35-17-34-29)13-25(38-28)37-26-12-19(2)39-40-26/h5,7,12-18,20H,4,6,8-11H2,1-3H3,(H,34,35,43)(H2,37,38,39,40)/t18-,20-,31+/m1/s1. The van der Waals surface area contributed by atoms with Crippen molar-refractivity contribution in [2.24, 2.45) is 0 Å². The number of nitrogens with zero attached hydrogens (tertiary/aromatic N) is 6. The third-order valence-electron chi connectivity index (χ3n) is 8.62. The van der Waals surface area contributed by atoms with Crippen molar-refractivity contribution in [3.8, 4) is 5.82 Å². The van der Waals surface area contributed by atoms with E-state index >= 15 is 0 Å². The van der Waals surface area contributed by atoms with Gasteiger partial charge in [0.2, 0.25) is 0 Å². The number of nitrogens with one attached hydrogen (secondary N) is 3. The molecule has 0 aliphatic heterocycles. The first-order valence-corrected chi connectivity index (χ1v) is 14.7. The van der Waals surface area contributed by atoms with Gasteiger partial charge in [0.25, 0.3) is 5.56 Å². The molecule has 5 heterocycles. The Kier molecular flexibility index (Phi) is 8.04. The molecule has 228 valence electrons. The van der Waals surface area contributed by atoms with Gasteiger partial charge in [0.05, 0.1) is 35.3 Å². The largest absolute Gasteiger partial charge is 0.370 e. The number of anilines is 2. The summed E-state index contributed by atoms with van der Waals surface area (Å²) in [6.07, 6.45) is 8.97. The summed E-state index contributed by atoms with van der Waals surface area (Å²) < 4.78 is 20.6. The van der Waals surface area contributed by atoms with Crippen molar-refractivity contribution in [2.75, 3.05) is 12.4 Å². The molecule has 0 unspecified atom stereocenters. The molecule has 3 N–H and O–H groups in total. The molecule has 5 aromatic rings. The van der Waals surface area contributed by atoms with E-state index in [1.165, 1.54) is 17.2 Å². The minimum absolute atomic E-state index is 0.00248. The summed E-state index contributed by atoms with van der Waals surface area (Å²) >= 11 is 0. The minimum Gasteiger partial charge on any atom is -0.370 e. The highest BCUT2D eigenvalue weighted by Gasteiger charge is 2.42. The maximum atomic E-state index is 13.6. The average Bonchev–Trinajstić information content (AvgIpc) is 3.67. The molecule has 6 rings (SSSR count). The van der Waals surface area contributed by atoms with Gasteiger partial charge in [-0.15, -0.1) is 0 Å². The van der Waals surface area contributed by atoms with Gasteiger partial charge in [-0.3, -0.25) is 14.7 Å². The molecular formula is C31H34FN9O3. The van der Waals surface area contributed by atoms with Gasteiger partial charge in [-0.2, -0.15) is 10.2 Å². The molecule has 44 heavy (non-hydrogen) atoms. The molecule has 0 radical (unpaired) electrons. The van der Waals surface area contributed by atoms with Crippen LogP contribution in [0.1, 0.15) is 74.2 Å². The molecule has 13 heteroatoms. The Bertz CT molecular complexity index is 1840. The lowest BCUT2D eigenvalue weighted by Gasteiger charge is -2.38. The summed E-state index contributed by atoms with van der Waals surface area (Å²) in [4.78, 5) is 42.7. The summed E-state index contributed by atoms with van der Waals surface area (Å²) in [5, 5.41) is 14.7. The van der Waals surface area contributed by atoms with E-state index in [0.717, 1.165) is 23.1 Å². The number of hydrogen-bond donors (Lipinski definition) is 3. The zero-order valence-corrected chi connectivity index (χ0v) is 24.8. The van der Waals surface area contributed by atoms with Crippen LogP contribution in [0.3, 0.4) is 0 Å². The number of ether oxygens (including phenoxy) is 1. The second-order valence-corrected chi connectivity index (χ2v) is 11.5. The van der Waals surface area contributed by atoms with E-state index in [1.807, 2.05) is 19.1 Å². The second kappa shape index (κ2) is 12.1. The van der Waals surface area contributed by atoms with E-state index in [0.29, 0.717) is 66.9 Å². The van der Waals surface area contributed by atoms with Crippen molar-refractivity contribution in [3.05, 3.63) is 82.3 Å². The zero-order valence-electron chi connectivity index (χ0n) is 24.8. The number of hydrogen-bond acceptors (Lipinski definition) is 9. The number of rotatable bonds is 10. The quantitative estimate of drug-likeness (QED) is 0.201. The van der Waals surface area contributed by atoms with Crippen LogP contribution in [0.25, 0.3) is 16.7 Å². The first-order chi connectivity index (χ1) is 21.2.